The zero-order chi connectivity index (χ0) is 17.6. The molecule has 0 fully saturated rings. The predicted octanol–water partition coefficient (Wildman–Crippen LogP) is 0.930. The van der Waals surface area contributed by atoms with Gasteiger partial charge in [0.2, 0.25) is 23.5 Å². The standard InChI is InChI=1S/C16H15N5O4/c1-2-24-13-6-4-10(7-18-13)15-20-14(25-21-15)9-19-16(23)11-3-5-12(22)17-8-11/h3-8,11H,2,9H2,1H3,(H,19,23). The first kappa shape index (κ1) is 16.5. The van der Waals surface area contributed by atoms with Crippen LogP contribution in [0.4, 0.5) is 0 Å². The van der Waals surface area contributed by atoms with Gasteiger partial charge in [0, 0.05) is 30.1 Å². The monoisotopic (exact) mass is 341 g/mol. The average Bonchev–Trinajstić information content (AvgIpc) is 3.10. The number of hydrogen-bond acceptors (Lipinski definition) is 7. The molecule has 0 saturated carbocycles. The van der Waals surface area contributed by atoms with Crippen LogP contribution in [0.1, 0.15) is 12.8 Å². The lowest BCUT2D eigenvalue weighted by Gasteiger charge is -2.08. The highest BCUT2D eigenvalue weighted by atomic mass is 16.5. The number of aromatic nitrogens is 3. The van der Waals surface area contributed by atoms with Gasteiger partial charge >= 0.3 is 0 Å². The van der Waals surface area contributed by atoms with Crippen molar-refractivity contribution < 1.29 is 18.8 Å². The van der Waals surface area contributed by atoms with Gasteiger partial charge in [-0.25, -0.2) is 9.98 Å². The second-order valence-corrected chi connectivity index (χ2v) is 5.05. The van der Waals surface area contributed by atoms with E-state index in [2.05, 4.69) is 25.4 Å². The summed E-state index contributed by atoms with van der Waals surface area (Å²) in [7, 11) is 0. The largest absolute Gasteiger partial charge is 0.478 e. The Bertz CT molecular complexity index is 809. The third-order valence-electron chi connectivity index (χ3n) is 3.28. The molecule has 25 heavy (non-hydrogen) atoms. The van der Waals surface area contributed by atoms with Gasteiger partial charge in [0.15, 0.2) is 0 Å². The van der Waals surface area contributed by atoms with E-state index in [1.807, 2.05) is 6.92 Å². The molecule has 1 unspecified atom stereocenters. The lowest BCUT2D eigenvalue weighted by molar-refractivity contribution is -0.122. The molecule has 9 nitrogen and oxygen atoms in total. The number of aliphatic imine (C=N–C) groups is 1. The van der Waals surface area contributed by atoms with Crippen LogP contribution in [0.3, 0.4) is 0 Å². The van der Waals surface area contributed by atoms with E-state index in [-0.39, 0.29) is 24.2 Å². The maximum atomic E-state index is 12.0. The smallest absolute Gasteiger partial charge is 0.269 e. The van der Waals surface area contributed by atoms with Gasteiger partial charge in [-0.1, -0.05) is 11.2 Å². The number of hydrogen-bond donors (Lipinski definition) is 1. The van der Waals surface area contributed by atoms with E-state index in [9.17, 15) is 9.59 Å². The Morgan fingerprint density at radius 2 is 2.28 bits per heavy atom. The summed E-state index contributed by atoms with van der Waals surface area (Å²) < 4.78 is 10.4. The molecule has 1 atom stereocenters. The molecule has 9 heteroatoms. The summed E-state index contributed by atoms with van der Waals surface area (Å²) in [6.45, 7) is 2.48. The predicted molar refractivity (Wildman–Crippen MR) is 86.7 cm³/mol. The summed E-state index contributed by atoms with van der Waals surface area (Å²) in [6.07, 6.45) is 5.62. The molecular formula is C16H15N5O4. The van der Waals surface area contributed by atoms with Crippen LogP contribution in [0.5, 0.6) is 5.88 Å². The fraction of sp³-hybridized carbons (Fsp3) is 0.250. The molecule has 0 radical (unpaired) electrons. The van der Waals surface area contributed by atoms with Crippen LogP contribution < -0.4 is 10.1 Å². The lowest BCUT2D eigenvalue weighted by Crippen LogP contribution is -2.31. The maximum absolute atomic E-state index is 12.0. The van der Waals surface area contributed by atoms with Crippen LogP contribution >= 0.6 is 0 Å². The third kappa shape index (κ3) is 4.14. The van der Waals surface area contributed by atoms with Gasteiger partial charge in [-0.2, -0.15) is 4.98 Å². The van der Waals surface area contributed by atoms with Gasteiger partial charge in [0.05, 0.1) is 19.1 Å². The molecule has 128 valence electrons. The Kier molecular flexibility index (Phi) is 4.93. The molecule has 3 rings (SSSR count). The lowest BCUT2D eigenvalue weighted by atomic mass is 10.1. The SMILES string of the molecule is CCOc1ccc(-c2noc(CNC(=O)C3C=CC(=O)N=C3)n2)cn1. The molecule has 0 saturated heterocycles. The van der Waals surface area contributed by atoms with Crippen LogP contribution in [-0.4, -0.2) is 39.8 Å². The second kappa shape index (κ2) is 7.47. The van der Waals surface area contributed by atoms with Crippen molar-refractivity contribution in [3.05, 3.63) is 36.4 Å². The molecule has 0 bridgehead atoms. The van der Waals surface area contributed by atoms with E-state index in [4.69, 9.17) is 9.26 Å². The van der Waals surface area contributed by atoms with Gasteiger partial charge in [0.1, 0.15) is 0 Å². The minimum absolute atomic E-state index is 0.0718. The number of amides is 2. The molecule has 0 aromatic carbocycles. The highest BCUT2D eigenvalue weighted by Crippen LogP contribution is 2.17. The summed E-state index contributed by atoms with van der Waals surface area (Å²) in [6, 6.07) is 3.48. The Hall–Kier alpha value is -3.36. The molecular weight excluding hydrogens is 326 g/mol. The highest BCUT2D eigenvalue weighted by Gasteiger charge is 2.17. The summed E-state index contributed by atoms with van der Waals surface area (Å²) in [5.41, 5.74) is 0.672. The molecule has 0 aliphatic carbocycles. The summed E-state index contributed by atoms with van der Waals surface area (Å²) >= 11 is 0. The quantitative estimate of drug-likeness (QED) is 0.830. The first-order valence-electron chi connectivity index (χ1n) is 7.61. The third-order valence-corrected chi connectivity index (χ3v) is 3.28. The van der Waals surface area contributed by atoms with E-state index in [0.717, 1.165) is 0 Å². The van der Waals surface area contributed by atoms with Crippen molar-refractivity contribution >= 4 is 18.0 Å². The van der Waals surface area contributed by atoms with Crippen LogP contribution in [0, 0.1) is 5.92 Å². The van der Waals surface area contributed by atoms with E-state index in [1.165, 1.54) is 18.4 Å². The number of ether oxygens (including phenoxy) is 1. The Balaban J connectivity index is 1.58. The van der Waals surface area contributed by atoms with Crippen LogP contribution in [0.15, 0.2) is 40.0 Å². The van der Waals surface area contributed by atoms with Crippen molar-refractivity contribution in [1.29, 1.82) is 0 Å². The molecule has 2 aromatic heterocycles. The zero-order valence-electron chi connectivity index (χ0n) is 13.4. The van der Waals surface area contributed by atoms with Crippen LogP contribution in [0.25, 0.3) is 11.4 Å². The van der Waals surface area contributed by atoms with Gasteiger partial charge in [-0.15, -0.1) is 0 Å². The Morgan fingerprint density at radius 3 is 2.96 bits per heavy atom. The minimum atomic E-state index is -0.588. The molecule has 3 heterocycles. The maximum Gasteiger partial charge on any atom is 0.269 e. The van der Waals surface area contributed by atoms with E-state index in [0.29, 0.717) is 23.9 Å². The second-order valence-electron chi connectivity index (χ2n) is 5.05. The van der Waals surface area contributed by atoms with Crippen molar-refractivity contribution in [2.75, 3.05) is 6.61 Å². The molecule has 0 spiro atoms. The molecule has 1 aliphatic rings. The highest BCUT2D eigenvalue weighted by molar-refractivity contribution is 6.05. The van der Waals surface area contributed by atoms with E-state index >= 15 is 0 Å². The fourth-order valence-corrected chi connectivity index (χ4v) is 2.06. The van der Waals surface area contributed by atoms with Crippen LogP contribution in [-0.2, 0) is 16.1 Å². The number of nitrogens with zero attached hydrogens (tertiary/aromatic N) is 4. The first-order valence-corrected chi connectivity index (χ1v) is 7.61. The Labute approximate surface area is 142 Å². The van der Waals surface area contributed by atoms with Crippen molar-refractivity contribution in [1.82, 2.24) is 20.4 Å². The minimum Gasteiger partial charge on any atom is -0.478 e. The van der Waals surface area contributed by atoms with Crippen molar-refractivity contribution in [2.45, 2.75) is 13.5 Å². The molecule has 2 aromatic rings. The number of nitrogens with one attached hydrogen (secondary N) is 1. The average molecular weight is 341 g/mol. The number of pyridine rings is 1. The zero-order valence-corrected chi connectivity index (χ0v) is 13.4. The summed E-state index contributed by atoms with van der Waals surface area (Å²) in [5, 5.41) is 6.51. The van der Waals surface area contributed by atoms with Crippen molar-refractivity contribution in [3.63, 3.8) is 0 Å². The number of carbonyl (C=O) groups is 2. The molecule has 2 amide bonds. The molecule has 1 N–H and O–H groups in total. The number of dihydropyridines is 1. The van der Waals surface area contributed by atoms with E-state index in [1.54, 1.807) is 18.3 Å². The van der Waals surface area contributed by atoms with Crippen molar-refractivity contribution in [2.24, 2.45) is 10.9 Å². The fourth-order valence-electron chi connectivity index (χ4n) is 2.06. The van der Waals surface area contributed by atoms with Gasteiger partial charge in [-0.3, -0.25) is 9.59 Å². The van der Waals surface area contributed by atoms with Crippen LogP contribution in [0.2, 0.25) is 0 Å². The first-order chi connectivity index (χ1) is 12.2. The number of rotatable bonds is 6. The molecule has 1 aliphatic heterocycles. The van der Waals surface area contributed by atoms with E-state index < -0.39 is 5.92 Å². The number of carbonyl (C=O) groups excluding carboxylic acids is 2. The van der Waals surface area contributed by atoms with Gasteiger partial charge < -0.3 is 14.6 Å². The normalized spacial score (nSPS) is 16.0. The van der Waals surface area contributed by atoms with Gasteiger partial charge in [-0.05, 0) is 13.0 Å². The topological polar surface area (TPSA) is 120 Å². The Morgan fingerprint density at radius 1 is 1.40 bits per heavy atom. The summed E-state index contributed by atoms with van der Waals surface area (Å²) in [5.74, 6) is -0.141. The summed E-state index contributed by atoms with van der Waals surface area (Å²) in [4.78, 5) is 34.8. The van der Waals surface area contributed by atoms with Gasteiger partial charge in [0.25, 0.3) is 5.91 Å². The van der Waals surface area contributed by atoms with Crippen molar-refractivity contribution in [3.8, 4) is 17.3 Å².